The van der Waals surface area contributed by atoms with Crippen molar-refractivity contribution in [2.45, 2.75) is 0 Å². The van der Waals surface area contributed by atoms with Crippen molar-refractivity contribution in [2.24, 2.45) is 0 Å². The first kappa shape index (κ1) is 7.73. The minimum atomic E-state index is 0.0364. The molecule has 0 saturated heterocycles. The molecule has 0 radical (unpaired) electrons. The van der Waals surface area contributed by atoms with Crippen LogP contribution in [0.2, 0.25) is 0 Å². The van der Waals surface area contributed by atoms with Crippen molar-refractivity contribution >= 4 is 0 Å². The molecule has 0 aliphatic carbocycles. The Hall–Kier alpha value is -1.90. The highest BCUT2D eigenvalue weighted by atomic mass is 16.3. The van der Waals surface area contributed by atoms with Crippen LogP contribution in [-0.4, -0.2) is 15.1 Å². The van der Waals surface area contributed by atoms with Gasteiger partial charge >= 0.3 is 0 Å². The van der Waals surface area contributed by atoms with Gasteiger partial charge in [0.25, 0.3) is 0 Å². The quantitative estimate of drug-likeness (QED) is 0.714. The first-order chi connectivity index (χ1) is 6.36. The van der Waals surface area contributed by atoms with E-state index in [4.69, 9.17) is 5.11 Å². The van der Waals surface area contributed by atoms with E-state index in [9.17, 15) is 0 Å². The molecule has 0 unspecified atom stereocenters. The summed E-state index contributed by atoms with van der Waals surface area (Å²) in [6, 6.07) is 7.23. The van der Waals surface area contributed by atoms with Gasteiger partial charge in [-0.3, -0.25) is 4.98 Å². The van der Waals surface area contributed by atoms with Crippen molar-refractivity contribution in [3.05, 3.63) is 42.9 Å². The SMILES string of the molecule is Oc1cc(-c2ccncc2)ccn1. The second-order valence-corrected chi connectivity index (χ2v) is 2.64. The van der Waals surface area contributed by atoms with E-state index in [1.54, 1.807) is 24.7 Å². The van der Waals surface area contributed by atoms with Crippen LogP contribution in [0.5, 0.6) is 5.88 Å². The van der Waals surface area contributed by atoms with Crippen LogP contribution in [-0.2, 0) is 0 Å². The standard InChI is InChI=1S/C10H8N2O/c13-10-7-9(3-6-12-10)8-1-4-11-5-2-8/h1-7H,(H,12,13). The molecule has 13 heavy (non-hydrogen) atoms. The number of aromatic hydroxyl groups is 1. The van der Waals surface area contributed by atoms with E-state index in [1.807, 2.05) is 18.2 Å². The first-order valence-corrected chi connectivity index (χ1v) is 3.92. The molecule has 3 heteroatoms. The summed E-state index contributed by atoms with van der Waals surface area (Å²) in [7, 11) is 0. The summed E-state index contributed by atoms with van der Waals surface area (Å²) in [6.07, 6.45) is 5.00. The third kappa shape index (κ3) is 1.64. The Kier molecular flexibility index (Phi) is 1.92. The summed E-state index contributed by atoms with van der Waals surface area (Å²) in [5, 5.41) is 9.15. The summed E-state index contributed by atoms with van der Waals surface area (Å²) >= 11 is 0. The van der Waals surface area contributed by atoms with E-state index < -0.39 is 0 Å². The summed E-state index contributed by atoms with van der Waals surface area (Å²) in [5.41, 5.74) is 1.96. The highest BCUT2D eigenvalue weighted by molar-refractivity contribution is 5.63. The zero-order valence-electron chi connectivity index (χ0n) is 6.88. The highest BCUT2D eigenvalue weighted by Crippen LogP contribution is 2.19. The van der Waals surface area contributed by atoms with Crippen LogP contribution in [0, 0.1) is 0 Å². The number of rotatable bonds is 1. The maximum Gasteiger partial charge on any atom is 0.211 e. The second-order valence-electron chi connectivity index (χ2n) is 2.64. The summed E-state index contributed by atoms with van der Waals surface area (Å²) in [4.78, 5) is 7.62. The minimum absolute atomic E-state index is 0.0364. The van der Waals surface area contributed by atoms with Gasteiger partial charge in [0.2, 0.25) is 5.88 Å². The van der Waals surface area contributed by atoms with E-state index in [1.165, 1.54) is 0 Å². The molecule has 0 amide bonds. The molecule has 2 rings (SSSR count). The van der Waals surface area contributed by atoms with Gasteiger partial charge in [-0.05, 0) is 29.3 Å². The molecule has 0 fully saturated rings. The summed E-state index contributed by atoms with van der Waals surface area (Å²) < 4.78 is 0. The molecule has 1 N–H and O–H groups in total. The number of nitrogens with zero attached hydrogens (tertiary/aromatic N) is 2. The van der Waals surface area contributed by atoms with Gasteiger partial charge in [0, 0.05) is 24.7 Å². The largest absolute Gasteiger partial charge is 0.493 e. The molecule has 64 valence electrons. The van der Waals surface area contributed by atoms with Crippen molar-refractivity contribution in [1.82, 2.24) is 9.97 Å². The average Bonchev–Trinajstić information content (AvgIpc) is 2.19. The van der Waals surface area contributed by atoms with Gasteiger partial charge < -0.3 is 5.11 Å². The summed E-state index contributed by atoms with van der Waals surface area (Å²) in [6.45, 7) is 0. The van der Waals surface area contributed by atoms with Crippen molar-refractivity contribution in [1.29, 1.82) is 0 Å². The second kappa shape index (κ2) is 3.23. The predicted molar refractivity (Wildman–Crippen MR) is 49.1 cm³/mol. The van der Waals surface area contributed by atoms with Crippen molar-refractivity contribution < 1.29 is 5.11 Å². The van der Waals surface area contributed by atoms with Gasteiger partial charge in [-0.15, -0.1) is 0 Å². The molecule has 3 nitrogen and oxygen atoms in total. The van der Waals surface area contributed by atoms with Crippen molar-refractivity contribution in [2.75, 3.05) is 0 Å². The molecule has 0 spiro atoms. The lowest BCUT2D eigenvalue weighted by atomic mass is 10.1. The van der Waals surface area contributed by atoms with Gasteiger partial charge in [-0.1, -0.05) is 0 Å². The summed E-state index contributed by atoms with van der Waals surface area (Å²) in [5.74, 6) is 0.0364. The van der Waals surface area contributed by atoms with Crippen LogP contribution >= 0.6 is 0 Å². The van der Waals surface area contributed by atoms with Crippen LogP contribution in [0.25, 0.3) is 11.1 Å². The lowest BCUT2D eigenvalue weighted by molar-refractivity contribution is 0.454. The van der Waals surface area contributed by atoms with E-state index in [0.29, 0.717) is 0 Å². The first-order valence-electron chi connectivity index (χ1n) is 3.92. The van der Waals surface area contributed by atoms with E-state index in [-0.39, 0.29) is 5.88 Å². The molecule has 0 aromatic carbocycles. The monoisotopic (exact) mass is 172 g/mol. The Morgan fingerprint density at radius 2 is 1.62 bits per heavy atom. The molecule has 0 bridgehead atoms. The zero-order valence-corrected chi connectivity index (χ0v) is 6.88. The molecule has 0 saturated carbocycles. The third-order valence-electron chi connectivity index (χ3n) is 1.76. The molecular weight excluding hydrogens is 164 g/mol. The smallest absolute Gasteiger partial charge is 0.211 e. The van der Waals surface area contributed by atoms with Gasteiger partial charge in [0.05, 0.1) is 0 Å². The van der Waals surface area contributed by atoms with Crippen LogP contribution in [0.15, 0.2) is 42.9 Å². The van der Waals surface area contributed by atoms with E-state index in [0.717, 1.165) is 11.1 Å². The number of aromatic nitrogens is 2. The highest BCUT2D eigenvalue weighted by Gasteiger charge is 1.97. The molecule has 2 aromatic rings. The van der Waals surface area contributed by atoms with Crippen LogP contribution in [0.3, 0.4) is 0 Å². The van der Waals surface area contributed by atoms with Crippen LogP contribution < -0.4 is 0 Å². The Morgan fingerprint density at radius 3 is 2.31 bits per heavy atom. The maximum absolute atomic E-state index is 9.15. The van der Waals surface area contributed by atoms with Gasteiger partial charge in [0.15, 0.2) is 0 Å². The number of hydrogen-bond acceptors (Lipinski definition) is 3. The Labute approximate surface area is 75.7 Å². The van der Waals surface area contributed by atoms with Crippen molar-refractivity contribution in [3.8, 4) is 17.0 Å². The topological polar surface area (TPSA) is 46.0 Å². The Bertz CT molecular complexity index is 401. The third-order valence-corrected chi connectivity index (χ3v) is 1.76. The fourth-order valence-corrected chi connectivity index (χ4v) is 1.14. The molecule has 0 atom stereocenters. The van der Waals surface area contributed by atoms with Gasteiger partial charge in [0.1, 0.15) is 0 Å². The van der Waals surface area contributed by atoms with Crippen LogP contribution in [0.1, 0.15) is 0 Å². The van der Waals surface area contributed by atoms with Gasteiger partial charge in [-0.2, -0.15) is 0 Å². The molecular formula is C10H8N2O. The Morgan fingerprint density at radius 1 is 0.923 bits per heavy atom. The number of pyridine rings is 2. The van der Waals surface area contributed by atoms with Crippen LogP contribution in [0.4, 0.5) is 0 Å². The maximum atomic E-state index is 9.15. The minimum Gasteiger partial charge on any atom is -0.493 e. The van der Waals surface area contributed by atoms with Crippen molar-refractivity contribution in [3.63, 3.8) is 0 Å². The molecule has 2 heterocycles. The molecule has 0 aliphatic rings. The lowest BCUT2D eigenvalue weighted by Crippen LogP contribution is -1.79. The van der Waals surface area contributed by atoms with E-state index >= 15 is 0 Å². The van der Waals surface area contributed by atoms with E-state index in [2.05, 4.69) is 9.97 Å². The molecule has 0 aliphatic heterocycles. The fraction of sp³-hybridized carbons (Fsp3) is 0. The fourth-order valence-electron chi connectivity index (χ4n) is 1.14. The Balaban J connectivity index is 2.48. The normalized spacial score (nSPS) is 9.85. The average molecular weight is 172 g/mol. The number of hydrogen-bond donors (Lipinski definition) is 1. The predicted octanol–water partition coefficient (Wildman–Crippen LogP) is 1.85. The lowest BCUT2D eigenvalue weighted by Gasteiger charge is -1.99. The van der Waals surface area contributed by atoms with Gasteiger partial charge in [-0.25, -0.2) is 4.98 Å². The zero-order chi connectivity index (χ0) is 9.10. The molecule has 2 aromatic heterocycles.